The first-order valence-corrected chi connectivity index (χ1v) is 7.06. The Balaban J connectivity index is 1.56. The lowest BCUT2D eigenvalue weighted by atomic mass is 10.1. The largest absolute Gasteiger partial charge is 0.380 e. The summed E-state index contributed by atoms with van der Waals surface area (Å²) in [6.45, 7) is 6.10. The summed E-state index contributed by atoms with van der Waals surface area (Å²) in [7, 11) is 2.23. The van der Waals surface area contributed by atoms with Gasteiger partial charge in [0.2, 0.25) is 0 Å². The predicted molar refractivity (Wildman–Crippen MR) is 76.1 cm³/mol. The lowest BCUT2D eigenvalue weighted by Crippen LogP contribution is -2.37. The molecular weight excluding hydrogens is 222 g/mol. The molecule has 2 heterocycles. The van der Waals surface area contributed by atoms with Crippen molar-refractivity contribution in [1.82, 2.24) is 9.80 Å². The zero-order valence-electron chi connectivity index (χ0n) is 11.2. The highest BCUT2D eigenvalue weighted by molar-refractivity contribution is 5.56. The quantitative estimate of drug-likeness (QED) is 0.855. The Morgan fingerprint density at radius 2 is 2.06 bits per heavy atom. The van der Waals surface area contributed by atoms with Gasteiger partial charge >= 0.3 is 0 Å². The first-order valence-electron chi connectivity index (χ1n) is 7.06. The van der Waals surface area contributed by atoms with Crippen LogP contribution in [0.25, 0.3) is 0 Å². The fourth-order valence-electron chi connectivity index (χ4n) is 3.08. The molecule has 0 saturated carbocycles. The number of rotatable bonds is 2. The molecule has 0 unspecified atom stereocenters. The fraction of sp³-hybridized carbons (Fsp3) is 0.600. The van der Waals surface area contributed by atoms with Gasteiger partial charge in [-0.1, -0.05) is 18.2 Å². The topological polar surface area (TPSA) is 18.5 Å². The van der Waals surface area contributed by atoms with Gasteiger partial charge in [0.05, 0.1) is 0 Å². The normalized spacial score (nSPS) is 25.5. The molecular formula is C15H23N3. The van der Waals surface area contributed by atoms with Gasteiger partial charge in [-0.3, -0.25) is 4.90 Å². The highest BCUT2D eigenvalue weighted by Crippen LogP contribution is 2.25. The molecule has 0 bridgehead atoms. The number of nitrogens with zero attached hydrogens (tertiary/aromatic N) is 2. The Kier molecular flexibility index (Phi) is 3.52. The molecule has 3 rings (SSSR count). The number of hydrogen-bond acceptors (Lipinski definition) is 3. The number of hydrogen-bond donors (Lipinski definition) is 1. The monoisotopic (exact) mass is 245 g/mol. The van der Waals surface area contributed by atoms with Crippen LogP contribution in [0.15, 0.2) is 24.3 Å². The van der Waals surface area contributed by atoms with Gasteiger partial charge in [-0.25, -0.2) is 0 Å². The smallest absolute Gasteiger partial charge is 0.0429 e. The number of nitrogens with one attached hydrogen (secondary N) is 1. The molecule has 3 nitrogen and oxygen atoms in total. The van der Waals surface area contributed by atoms with Crippen LogP contribution in [0.4, 0.5) is 5.69 Å². The van der Waals surface area contributed by atoms with E-state index in [0.717, 1.165) is 0 Å². The van der Waals surface area contributed by atoms with Gasteiger partial charge in [0, 0.05) is 31.4 Å². The summed E-state index contributed by atoms with van der Waals surface area (Å²) >= 11 is 0. The van der Waals surface area contributed by atoms with E-state index in [1.54, 1.807) is 0 Å². The Hall–Kier alpha value is -1.06. The Labute approximate surface area is 110 Å². The van der Waals surface area contributed by atoms with Crippen molar-refractivity contribution < 1.29 is 0 Å². The van der Waals surface area contributed by atoms with E-state index in [0.29, 0.717) is 6.04 Å². The molecule has 1 aromatic rings. The van der Waals surface area contributed by atoms with Crippen molar-refractivity contribution >= 4 is 5.69 Å². The van der Waals surface area contributed by atoms with Gasteiger partial charge < -0.3 is 10.2 Å². The number of fused-ring (bicyclic) bond motifs is 1. The third-order valence-electron chi connectivity index (χ3n) is 4.13. The molecule has 1 atom stereocenters. The van der Waals surface area contributed by atoms with Crippen LogP contribution in [0, 0.1) is 0 Å². The number of para-hydroxylation sites is 1. The molecule has 98 valence electrons. The highest BCUT2D eigenvalue weighted by atomic mass is 15.2. The molecule has 0 spiro atoms. The van der Waals surface area contributed by atoms with Gasteiger partial charge in [0.1, 0.15) is 0 Å². The molecule has 2 aliphatic heterocycles. The molecule has 0 aliphatic carbocycles. The zero-order valence-corrected chi connectivity index (χ0v) is 11.2. The SMILES string of the molecule is CN1CCCN(C[C@@H]2Cc3ccccc3N2)CC1. The second-order valence-electron chi connectivity index (χ2n) is 5.66. The molecule has 1 N–H and O–H groups in total. The summed E-state index contributed by atoms with van der Waals surface area (Å²) in [5, 5.41) is 3.66. The Morgan fingerprint density at radius 3 is 2.94 bits per heavy atom. The number of benzene rings is 1. The average Bonchev–Trinajstić information content (AvgIpc) is 2.66. The van der Waals surface area contributed by atoms with Crippen molar-refractivity contribution in [3.05, 3.63) is 29.8 Å². The first kappa shape index (κ1) is 12.0. The maximum Gasteiger partial charge on any atom is 0.0429 e. The Bertz CT molecular complexity index is 379. The van der Waals surface area contributed by atoms with Gasteiger partial charge in [0.25, 0.3) is 0 Å². The van der Waals surface area contributed by atoms with Crippen LogP contribution >= 0.6 is 0 Å². The van der Waals surface area contributed by atoms with Crippen LogP contribution < -0.4 is 5.32 Å². The van der Waals surface area contributed by atoms with Crippen molar-refractivity contribution in [2.24, 2.45) is 0 Å². The molecule has 1 fully saturated rings. The minimum absolute atomic E-state index is 0.603. The van der Waals surface area contributed by atoms with E-state index in [9.17, 15) is 0 Å². The predicted octanol–water partition coefficient (Wildman–Crippen LogP) is 1.66. The van der Waals surface area contributed by atoms with Crippen molar-refractivity contribution in [1.29, 1.82) is 0 Å². The van der Waals surface area contributed by atoms with Crippen molar-refractivity contribution in [2.75, 3.05) is 45.1 Å². The summed E-state index contributed by atoms with van der Waals surface area (Å²) in [5.74, 6) is 0. The minimum atomic E-state index is 0.603. The van der Waals surface area contributed by atoms with E-state index in [1.165, 1.54) is 56.8 Å². The molecule has 1 aromatic carbocycles. The van der Waals surface area contributed by atoms with Gasteiger partial charge in [-0.05, 0) is 44.6 Å². The van der Waals surface area contributed by atoms with Crippen LogP contribution in [-0.4, -0.2) is 55.6 Å². The maximum absolute atomic E-state index is 3.66. The van der Waals surface area contributed by atoms with E-state index in [4.69, 9.17) is 0 Å². The first-order chi connectivity index (χ1) is 8.81. The fourth-order valence-corrected chi connectivity index (χ4v) is 3.08. The third-order valence-corrected chi connectivity index (χ3v) is 4.13. The molecule has 2 aliphatic rings. The van der Waals surface area contributed by atoms with Crippen LogP contribution in [0.1, 0.15) is 12.0 Å². The minimum Gasteiger partial charge on any atom is -0.380 e. The standard InChI is InChI=1S/C15H23N3/c1-17-7-4-8-18(10-9-17)12-14-11-13-5-2-3-6-15(13)16-14/h2-3,5-6,14,16H,4,7-12H2,1H3/t14-/m0/s1. The van der Waals surface area contributed by atoms with E-state index in [1.807, 2.05) is 0 Å². The summed E-state index contributed by atoms with van der Waals surface area (Å²) < 4.78 is 0. The van der Waals surface area contributed by atoms with Gasteiger partial charge in [-0.2, -0.15) is 0 Å². The van der Waals surface area contributed by atoms with E-state index < -0.39 is 0 Å². The molecule has 0 amide bonds. The van der Waals surface area contributed by atoms with Crippen molar-refractivity contribution in [2.45, 2.75) is 18.9 Å². The molecule has 3 heteroatoms. The van der Waals surface area contributed by atoms with Crippen LogP contribution in [-0.2, 0) is 6.42 Å². The highest BCUT2D eigenvalue weighted by Gasteiger charge is 2.23. The van der Waals surface area contributed by atoms with Crippen molar-refractivity contribution in [3.63, 3.8) is 0 Å². The lowest BCUT2D eigenvalue weighted by molar-refractivity contribution is 0.267. The number of likely N-dealkylation sites (N-methyl/N-ethyl adjacent to an activating group) is 1. The van der Waals surface area contributed by atoms with Crippen LogP contribution in [0.5, 0.6) is 0 Å². The summed E-state index contributed by atoms with van der Waals surface area (Å²) in [5.41, 5.74) is 2.82. The second-order valence-corrected chi connectivity index (χ2v) is 5.66. The summed E-state index contributed by atoms with van der Waals surface area (Å²) in [4.78, 5) is 5.06. The molecule has 0 radical (unpaired) electrons. The Morgan fingerprint density at radius 1 is 1.17 bits per heavy atom. The lowest BCUT2D eigenvalue weighted by Gasteiger charge is -2.24. The van der Waals surface area contributed by atoms with E-state index in [-0.39, 0.29) is 0 Å². The van der Waals surface area contributed by atoms with E-state index in [2.05, 4.69) is 46.4 Å². The van der Waals surface area contributed by atoms with E-state index >= 15 is 0 Å². The third kappa shape index (κ3) is 2.68. The molecule has 18 heavy (non-hydrogen) atoms. The summed E-state index contributed by atoms with van der Waals surface area (Å²) in [6.07, 6.45) is 2.48. The molecule has 1 saturated heterocycles. The average molecular weight is 245 g/mol. The second kappa shape index (κ2) is 5.29. The van der Waals surface area contributed by atoms with Crippen molar-refractivity contribution in [3.8, 4) is 0 Å². The number of anilines is 1. The maximum atomic E-state index is 3.66. The van der Waals surface area contributed by atoms with Crippen LogP contribution in [0.2, 0.25) is 0 Å². The van der Waals surface area contributed by atoms with Crippen LogP contribution in [0.3, 0.4) is 0 Å². The zero-order chi connectivity index (χ0) is 12.4. The summed E-state index contributed by atoms with van der Waals surface area (Å²) in [6, 6.07) is 9.31. The van der Waals surface area contributed by atoms with Gasteiger partial charge in [-0.15, -0.1) is 0 Å². The van der Waals surface area contributed by atoms with Gasteiger partial charge in [0.15, 0.2) is 0 Å². The molecule has 0 aromatic heterocycles.